The Hall–Kier alpha value is -2.74. The fourth-order valence-electron chi connectivity index (χ4n) is 3.89. The molecule has 1 saturated heterocycles. The Morgan fingerprint density at radius 1 is 1.22 bits per heavy atom. The predicted molar refractivity (Wildman–Crippen MR) is 102 cm³/mol. The molecule has 0 radical (unpaired) electrons. The van der Waals surface area contributed by atoms with Crippen LogP contribution in [0.1, 0.15) is 37.1 Å². The molecule has 1 atom stereocenters. The number of nitrogens with zero attached hydrogens (tertiary/aromatic N) is 7. The normalized spacial score (nSPS) is 18.1. The average molecular weight is 367 g/mol. The molecule has 4 rings (SSSR count). The number of rotatable bonds is 5. The second kappa shape index (κ2) is 7.48. The molecule has 142 valence electrons. The van der Waals surface area contributed by atoms with Crippen molar-refractivity contribution >= 4 is 0 Å². The third-order valence-corrected chi connectivity index (χ3v) is 5.25. The Labute approximate surface area is 158 Å². The van der Waals surface area contributed by atoms with Gasteiger partial charge < -0.3 is 0 Å². The lowest BCUT2D eigenvalue weighted by Gasteiger charge is -2.32. The summed E-state index contributed by atoms with van der Waals surface area (Å²) in [7, 11) is 1.73. The average Bonchev–Trinajstić information content (AvgIpc) is 3.32. The van der Waals surface area contributed by atoms with Gasteiger partial charge in [0.15, 0.2) is 0 Å². The predicted octanol–water partition coefficient (Wildman–Crippen LogP) is 1.56. The van der Waals surface area contributed by atoms with E-state index in [1.807, 2.05) is 6.92 Å². The van der Waals surface area contributed by atoms with Crippen molar-refractivity contribution in [2.75, 3.05) is 13.1 Å². The van der Waals surface area contributed by atoms with Crippen molar-refractivity contribution in [1.29, 1.82) is 0 Å². The molecule has 1 aromatic carbocycles. The van der Waals surface area contributed by atoms with Crippen molar-refractivity contribution in [3.63, 3.8) is 0 Å². The Morgan fingerprint density at radius 2 is 2.04 bits per heavy atom. The van der Waals surface area contributed by atoms with E-state index in [9.17, 15) is 4.79 Å². The van der Waals surface area contributed by atoms with Crippen LogP contribution in [-0.2, 0) is 20.1 Å². The number of aromatic nitrogens is 6. The molecule has 0 amide bonds. The number of likely N-dealkylation sites (tertiary alicyclic amines) is 1. The van der Waals surface area contributed by atoms with Crippen LogP contribution in [0.25, 0.3) is 5.69 Å². The lowest BCUT2D eigenvalue weighted by Crippen LogP contribution is -2.35. The van der Waals surface area contributed by atoms with E-state index in [4.69, 9.17) is 0 Å². The van der Waals surface area contributed by atoms with Crippen LogP contribution in [0.3, 0.4) is 0 Å². The van der Waals surface area contributed by atoms with E-state index in [-0.39, 0.29) is 5.69 Å². The fourth-order valence-corrected chi connectivity index (χ4v) is 3.89. The first-order valence-corrected chi connectivity index (χ1v) is 9.45. The molecule has 2 aromatic heterocycles. The summed E-state index contributed by atoms with van der Waals surface area (Å²) in [5, 5.41) is 8.67. The Balaban J connectivity index is 1.46. The van der Waals surface area contributed by atoms with Gasteiger partial charge in [-0.3, -0.25) is 9.47 Å². The van der Waals surface area contributed by atoms with Crippen molar-refractivity contribution < 1.29 is 0 Å². The van der Waals surface area contributed by atoms with Gasteiger partial charge in [-0.2, -0.15) is 10.2 Å². The summed E-state index contributed by atoms with van der Waals surface area (Å²) in [6.07, 6.45) is 5.44. The maximum Gasteiger partial charge on any atom is 0.345 e. The van der Waals surface area contributed by atoms with Crippen molar-refractivity contribution in [3.8, 4) is 5.69 Å². The van der Waals surface area contributed by atoms with Crippen LogP contribution in [0.4, 0.5) is 0 Å². The molecule has 27 heavy (non-hydrogen) atoms. The number of hydrogen-bond acceptors (Lipinski definition) is 5. The zero-order valence-electron chi connectivity index (χ0n) is 15.8. The van der Waals surface area contributed by atoms with Crippen LogP contribution in [0.2, 0.25) is 0 Å². The highest BCUT2D eigenvalue weighted by Gasteiger charge is 2.26. The zero-order valence-corrected chi connectivity index (χ0v) is 15.8. The van der Waals surface area contributed by atoms with E-state index >= 15 is 0 Å². The molecular weight excluding hydrogens is 342 g/mol. The highest BCUT2D eigenvalue weighted by atomic mass is 16.2. The Bertz CT molecular complexity index is 940. The summed E-state index contributed by atoms with van der Waals surface area (Å²) in [6, 6.07) is 8.42. The maximum atomic E-state index is 12.2. The summed E-state index contributed by atoms with van der Waals surface area (Å²) in [5.74, 6) is 1.23. The summed E-state index contributed by atoms with van der Waals surface area (Å²) in [5.41, 5.74) is 2.26. The van der Waals surface area contributed by atoms with Crippen molar-refractivity contribution in [2.45, 2.75) is 38.8 Å². The van der Waals surface area contributed by atoms with Crippen molar-refractivity contribution in [1.82, 2.24) is 34.0 Å². The summed E-state index contributed by atoms with van der Waals surface area (Å²) in [4.78, 5) is 18.6. The van der Waals surface area contributed by atoms with Crippen LogP contribution >= 0.6 is 0 Å². The smallest absolute Gasteiger partial charge is 0.298 e. The minimum Gasteiger partial charge on any atom is -0.298 e. The molecule has 8 nitrogen and oxygen atoms in total. The molecule has 1 unspecified atom stereocenters. The van der Waals surface area contributed by atoms with Gasteiger partial charge in [-0.15, -0.1) is 0 Å². The van der Waals surface area contributed by atoms with E-state index in [0.717, 1.165) is 44.0 Å². The van der Waals surface area contributed by atoms with Gasteiger partial charge in [0.2, 0.25) is 0 Å². The molecule has 1 aliphatic rings. The van der Waals surface area contributed by atoms with Crippen molar-refractivity contribution in [3.05, 3.63) is 58.8 Å². The Kier molecular flexibility index (Phi) is 4.89. The van der Waals surface area contributed by atoms with E-state index in [0.29, 0.717) is 12.5 Å². The van der Waals surface area contributed by atoms with Gasteiger partial charge in [-0.1, -0.05) is 12.1 Å². The summed E-state index contributed by atoms with van der Waals surface area (Å²) < 4.78 is 5.02. The summed E-state index contributed by atoms with van der Waals surface area (Å²) in [6.45, 7) is 5.58. The number of hydrogen-bond donors (Lipinski definition) is 0. The SMILES string of the molecule is CCn1c(C2CCCN(Cc3ccc(-n4cncn4)cc3)C2)nn(C)c1=O. The number of aryl methyl sites for hydroxylation is 1. The molecule has 8 heteroatoms. The molecule has 3 heterocycles. The monoisotopic (exact) mass is 367 g/mol. The van der Waals surface area contributed by atoms with Crippen LogP contribution in [0, 0.1) is 0 Å². The van der Waals surface area contributed by atoms with Gasteiger partial charge in [0.1, 0.15) is 18.5 Å². The van der Waals surface area contributed by atoms with E-state index < -0.39 is 0 Å². The molecule has 0 N–H and O–H groups in total. The first-order chi connectivity index (χ1) is 13.2. The van der Waals surface area contributed by atoms with Crippen molar-refractivity contribution in [2.24, 2.45) is 7.05 Å². The van der Waals surface area contributed by atoms with Crippen LogP contribution in [-0.4, -0.2) is 47.1 Å². The quantitative estimate of drug-likeness (QED) is 0.684. The van der Waals surface area contributed by atoms with Gasteiger partial charge in [0.05, 0.1) is 5.69 Å². The third kappa shape index (κ3) is 3.57. The van der Waals surface area contributed by atoms with Gasteiger partial charge >= 0.3 is 5.69 Å². The zero-order chi connectivity index (χ0) is 18.8. The highest BCUT2D eigenvalue weighted by molar-refractivity contribution is 5.33. The second-order valence-electron chi connectivity index (χ2n) is 7.09. The first kappa shape index (κ1) is 17.7. The molecule has 0 saturated carbocycles. The Morgan fingerprint density at radius 3 is 2.74 bits per heavy atom. The summed E-state index contributed by atoms with van der Waals surface area (Å²) >= 11 is 0. The van der Waals surface area contributed by atoms with E-state index in [1.54, 1.807) is 22.6 Å². The number of piperidine rings is 1. The number of benzene rings is 1. The standard InChI is InChI=1S/C19H25N7O/c1-3-25-18(22-23(2)19(25)27)16-5-4-10-24(12-16)11-15-6-8-17(9-7-15)26-14-20-13-21-26/h6-9,13-14,16H,3-5,10-12H2,1-2H3. The molecule has 0 aliphatic carbocycles. The molecule has 0 spiro atoms. The van der Waals surface area contributed by atoms with Crippen LogP contribution < -0.4 is 5.69 Å². The van der Waals surface area contributed by atoms with Gasteiger partial charge in [0.25, 0.3) is 0 Å². The fraction of sp³-hybridized carbons (Fsp3) is 0.474. The molecule has 0 bridgehead atoms. The largest absolute Gasteiger partial charge is 0.345 e. The van der Waals surface area contributed by atoms with Crippen LogP contribution in [0.15, 0.2) is 41.7 Å². The van der Waals surface area contributed by atoms with E-state index in [2.05, 4.69) is 44.3 Å². The topological polar surface area (TPSA) is 73.8 Å². The molecular formula is C19H25N7O. The first-order valence-electron chi connectivity index (χ1n) is 9.45. The van der Waals surface area contributed by atoms with Crippen LogP contribution in [0.5, 0.6) is 0 Å². The van der Waals surface area contributed by atoms with E-state index in [1.165, 1.54) is 16.6 Å². The molecule has 1 fully saturated rings. The van der Waals surface area contributed by atoms with Gasteiger partial charge in [-0.25, -0.2) is 19.1 Å². The lowest BCUT2D eigenvalue weighted by molar-refractivity contribution is 0.194. The molecule has 3 aromatic rings. The lowest BCUT2D eigenvalue weighted by atomic mass is 9.96. The minimum absolute atomic E-state index is 0.0201. The minimum atomic E-state index is -0.0201. The highest BCUT2D eigenvalue weighted by Crippen LogP contribution is 2.26. The third-order valence-electron chi connectivity index (χ3n) is 5.25. The van der Waals surface area contributed by atoms with Gasteiger partial charge in [-0.05, 0) is 44.0 Å². The maximum absolute atomic E-state index is 12.2. The molecule has 1 aliphatic heterocycles. The second-order valence-corrected chi connectivity index (χ2v) is 7.09. The van der Waals surface area contributed by atoms with Gasteiger partial charge in [0, 0.05) is 32.6 Å².